The third-order valence-corrected chi connectivity index (χ3v) is 3.04. The molecule has 0 atom stereocenters. The zero-order chi connectivity index (χ0) is 13.5. The molecule has 0 bridgehead atoms. The maximum Gasteiger partial charge on any atom is 0.255 e. The van der Waals surface area contributed by atoms with Gasteiger partial charge in [0.15, 0.2) is 0 Å². The van der Waals surface area contributed by atoms with Crippen molar-refractivity contribution in [2.24, 2.45) is 0 Å². The number of hydrogen-bond acceptors (Lipinski definition) is 4. The maximum absolute atomic E-state index is 13.2. The minimum absolute atomic E-state index is 0.00567. The molecule has 1 aromatic heterocycles. The number of carbonyl (C=O) groups is 1. The molecule has 0 spiro atoms. The van der Waals surface area contributed by atoms with Gasteiger partial charge in [0.25, 0.3) is 5.91 Å². The molecule has 1 aromatic rings. The van der Waals surface area contributed by atoms with Crippen molar-refractivity contribution in [3.8, 4) is 0 Å². The molecule has 0 aromatic carbocycles. The van der Waals surface area contributed by atoms with Gasteiger partial charge in [0.05, 0.1) is 18.8 Å². The average molecular weight is 267 g/mol. The second-order valence-corrected chi connectivity index (χ2v) is 4.41. The van der Waals surface area contributed by atoms with Gasteiger partial charge < -0.3 is 10.1 Å². The molecular weight excluding hydrogens is 249 g/mol. The zero-order valence-electron chi connectivity index (χ0n) is 10.8. The van der Waals surface area contributed by atoms with Crippen molar-refractivity contribution in [3.63, 3.8) is 0 Å². The smallest absolute Gasteiger partial charge is 0.255 e. The normalized spacial score (nSPS) is 16.3. The fourth-order valence-electron chi connectivity index (χ4n) is 1.98. The molecule has 0 unspecified atom stereocenters. The number of hydrogen-bond donors (Lipinski definition) is 1. The van der Waals surface area contributed by atoms with Crippen LogP contribution in [0, 0.1) is 5.95 Å². The Kier molecular flexibility index (Phi) is 5.23. The van der Waals surface area contributed by atoms with E-state index in [0.29, 0.717) is 6.54 Å². The summed E-state index contributed by atoms with van der Waals surface area (Å²) < 4.78 is 18.5. The molecule has 19 heavy (non-hydrogen) atoms. The Bertz CT molecular complexity index is 422. The summed E-state index contributed by atoms with van der Waals surface area (Å²) in [5.41, 5.74) is -0.00567. The Hall–Kier alpha value is -1.53. The van der Waals surface area contributed by atoms with E-state index in [4.69, 9.17) is 4.74 Å². The number of pyridine rings is 1. The maximum atomic E-state index is 13.2. The summed E-state index contributed by atoms with van der Waals surface area (Å²) in [6, 6.07) is 2.98. The predicted molar refractivity (Wildman–Crippen MR) is 68.4 cm³/mol. The van der Waals surface area contributed by atoms with Gasteiger partial charge in [-0.05, 0) is 25.1 Å². The van der Waals surface area contributed by atoms with Crippen molar-refractivity contribution in [1.29, 1.82) is 0 Å². The minimum atomic E-state index is -0.729. The van der Waals surface area contributed by atoms with Crippen molar-refractivity contribution in [2.45, 2.75) is 6.42 Å². The Morgan fingerprint density at radius 2 is 2.26 bits per heavy atom. The van der Waals surface area contributed by atoms with Crippen LogP contribution in [-0.2, 0) is 4.74 Å². The van der Waals surface area contributed by atoms with Gasteiger partial charge in [-0.25, -0.2) is 4.98 Å². The molecule has 0 saturated carbocycles. The first-order chi connectivity index (χ1) is 9.27. The first-order valence-corrected chi connectivity index (χ1v) is 6.46. The number of rotatable bonds is 5. The molecule has 1 fully saturated rings. The van der Waals surface area contributed by atoms with Gasteiger partial charge in [0.2, 0.25) is 5.95 Å². The summed E-state index contributed by atoms with van der Waals surface area (Å²) in [5.74, 6) is -1.14. The van der Waals surface area contributed by atoms with Gasteiger partial charge in [0.1, 0.15) is 0 Å². The highest BCUT2D eigenvalue weighted by Crippen LogP contribution is 2.02. The summed E-state index contributed by atoms with van der Waals surface area (Å²) in [5, 5.41) is 2.70. The minimum Gasteiger partial charge on any atom is -0.379 e. The van der Waals surface area contributed by atoms with Crippen LogP contribution in [0.4, 0.5) is 4.39 Å². The van der Waals surface area contributed by atoms with E-state index in [-0.39, 0.29) is 5.56 Å². The second kappa shape index (κ2) is 7.16. The van der Waals surface area contributed by atoms with Crippen LogP contribution in [0.25, 0.3) is 0 Å². The van der Waals surface area contributed by atoms with Crippen LogP contribution in [0.1, 0.15) is 16.8 Å². The molecular formula is C13H18FN3O2. The van der Waals surface area contributed by atoms with Gasteiger partial charge in [-0.15, -0.1) is 0 Å². The van der Waals surface area contributed by atoms with Gasteiger partial charge in [-0.1, -0.05) is 0 Å². The fraction of sp³-hybridized carbons (Fsp3) is 0.538. The van der Waals surface area contributed by atoms with Gasteiger partial charge in [-0.2, -0.15) is 4.39 Å². The number of morpholine rings is 1. The van der Waals surface area contributed by atoms with Crippen LogP contribution in [0.5, 0.6) is 0 Å². The first kappa shape index (κ1) is 13.9. The van der Waals surface area contributed by atoms with Gasteiger partial charge in [0, 0.05) is 25.8 Å². The Morgan fingerprint density at radius 1 is 1.47 bits per heavy atom. The Labute approximate surface area is 111 Å². The first-order valence-electron chi connectivity index (χ1n) is 6.46. The lowest BCUT2D eigenvalue weighted by Gasteiger charge is -2.26. The summed E-state index contributed by atoms with van der Waals surface area (Å²) in [6.45, 7) is 4.86. The highest BCUT2D eigenvalue weighted by atomic mass is 19.1. The van der Waals surface area contributed by atoms with Crippen molar-refractivity contribution in [2.75, 3.05) is 39.4 Å². The molecule has 0 radical (unpaired) electrons. The lowest BCUT2D eigenvalue weighted by atomic mass is 10.2. The van der Waals surface area contributed by atoms with Crippen molar-refractivity contribution < 1.29 is 13.9 Å². The van der Waals surface area contributed by atoms with Crippen molar-refractivity contribution in [3.05, 3.63) is 29.8 Å². The van der Waals surface area contributed by atoms with E-state index in [0.717, 1.165) is 39.3 Å². The molecule has 1 aliphatic rings. The molecule has 2 heterocycles. The number of nitrogens with one attached hydrogen (secondary N) is 1. The molecule has 1 N–H and O–H groups in total. The predicted octanol–water partition coefficient (Wildman–Crippen LogP) is 0.673. The van der Waals surface area contributed by atoms with Crippen molar-refractivity contribution >= 4 is 5.91 Å². The third kappa shape index (κ3) is 4.25. The standard InChI is InChI=1S/C13H18FN3O2/c14-12-11(3-1-4-15-12)13(18)16-5-2-6-17-7-9-19-10-8-17/h1,3-4H,2,5-10H2,(H,16,18). The molecule has 5 nitrogen and oxygen atoms in total. The van der Waals surface area contributed by atoms with E-state index in [2.05, 4.69) is 15.2 Å². The largest absolute Gasteiger partial charge is 0.379 e. The van der Waals surface area contributed by atoms with Crippen LogP contribution in [0.3, 0.4) is 0 Å². The summed E-state index contributed by atoms with van der Waals surface area (Å²) in [7, 11) is 0. The summed E-state index contributed by atoms with van der Waals surface area (Å²) >= 11 is 0. The van der Waals surface area contributed by atoms with Crippen LogP contribution >= 0.6 is 0 Å². The summed E-state index contributed by atoms with van der Waals surface area (Å²) in [4.78, 5) is 17.4. The van der Waals surface area contributed by atoms with E-state index in [9.17, 15) is 9.18 Å². The molecule has 2 rings (SSSR count). The lowest BCUT2D eigenvalue weighted by molar-refractivity contribution is 0.0374. The Morgan fingerprint density at radius 3 is 3.00 bits per heavy atom. The monoisotopic (exact) mass is 267 g/mol. The molecule has 6 heteroatoms. The average Bonchev–Trinajstić information content (AvgIpc) is 2.45. The molecule has 1 aliphatic heterocycles. The van der Waals surface area contributed by atoms with Crippen LogP contribution in [0.2, 0.25) is 0 Å². The molecule has 1 saturated heterocycles. The van der Waals surface area contributed by atoms with E-state index in [1.54, 1.807) is 6.07 Å². The van der Waals surface area contributed by atoms with Crippen molar-refractivity contribution in [1.82, 2.24) is 15.2 Å². The van der Waals surface area contributed by atoms with Gasteiger partial charge >= 0.3 is 0 Å². The van der Waals surface area contributed by atoms with Crippen LogP contribution < -0.4 is 5.32 Å². The van der Waals surface area contributed by atoms with E-state index in [1.165, 1.54) is 12.3 Å². The van der Waals surface area contributed by atoms with E-state index in [1.807, 2.05) is 0 Å². The second-order valence-electron chi connectivity index (χ2n) is 4.41. The molecule has 1 amide bonds. The number of halogens is 1. The molecule has 104 valence electrons. The van der Waals surface area contributed by atoms with Crippen LogP contribution in [0.15, 0.2) is 18.3 Å². The SMILES string of the molecule is O=C(NCCCN1CCOCC1)c1cccnc1F. The van der Waals surface area contributed by atoms with Gasteiger partial charge in [-0.3, -0.25) is 9.69 Å². The number of nitrogens with zero attached hydrogens (tertiary/aromatic N) is 2. The Balaban J connectivity index is 1.68. The highest BCUT2D eigenvalue weighted by molar-refractivity contribution is 5.94. The lowest BCUT2D eigenvalue weighted by Crippen LogP contribution is -2.38. The number of aromatic nitrogens is 1. The topological polar surface area (TPSA) is 54.5 Å². The summed E-state index contributed by atoms with van der Waals surface area (Å²) in [6.07, 6.45) is 2.16. The number of carbonyl (C=O) groups excluding carboxylic acids is 1. The van der Waals surface area contributed by atoms with Crippen LogP contribution in [-0.4, -0.2) is 55.2 Å². The van der Waals surface area contributed by atoms with E-state index < -0.39 is 11.9 Å². The number of ether oxygens (including phenoxy) is 1. The fourth-order valence-corrected chi connectivity index (χ4v) is 1.98. The zero-order valence-corrected chi connectivity index (χ0v) is 10.8. The van der Waals surface area contributed by atoms with E-state index >= 15 is 0 Å². The highest BCUT2D eigenvalue weighted by Gasteiger charge is 2.12. The third-order valence-electron chi connectivity index (χ3n) is 3.04. The molecule has 0 aliphatic carbocycles. The number of amides is 1. The quantitative estimate of drug-likeness (QED) is 0.629.